The molecular formula is C20H22FN7O. The Morgan fingerprint density at radius 3 is 3.00 bits per heavy atom. The molecular weight excluding hydrogens is 373 g/mol. The average molecular weight is 395 g/mol. The summed E-state index contributed by atoms with van der Waals surface area (Å²) in [6.07, 6.45) is 4.19. The minimum Gasteiger partial charge on any atom is -0.370 e. The third-order valence-corrected chi connectivity index (χ3v) is 5.65. The van der Waals surface area contributed by atoms with E-state index in [1.807, 2.05) is 6.07 Å². The molecule has 1 saturated heterocycles. The predicted octanol–water partition coefficient (Wildman–Crippen LogP) is 2.10. The summed E-state index contributed by atoms with van der Waals surface area (Å²) in [4.78, 5) is 21.2. The van der Waals surface area contributed by atoms with Crippen LogP contribution in [0.15, 0.2) is 30.6 Å². The van der Waals surface area contributed by atoms with Crippen molar-refractivity contribution in [2.24, 2.45) is 18.7 Å². The first-order valence-corrected chi connectivity index (χ1v) is 9.68. The summed E-state index contributed by atoms with van der Waals surface area (Å²) < 4.78 is 15.9. The maximum atomic E-state index is 14.3. The number of hydrogen-bond acceptors (Lipinski definition) is 5. The summed E-state index contributed by atoms with van der Waals surface area (Å²) in [7, 11) is 1.73. The number of carbonyl (C=O) groups excluding carboxylic acids is 1. The maximum absolute atomic E-state index is 14.3. The fourth-order valence-electron chi connectivity index (χ4n) is 4.16. The molecule has 4 heterocycles. The number of urea groups is 1. The first-order chi connectivity index (χ1) is 14.0. The molecule has 1 fully saturated rings. The van der Waals surface area contributed by atoms with E-state index in [0.29, 0.717) is 35.9 Å². The van der Waals surface area contributed by atoms with Gasteiger partial charge in [0.1, 0.15) is 11.3 Å². The van der Waals surface area contributed by atoms with Crippen LogP contribution in [0.4, 0.5) is 26.4 Å². The Bertz CT molecular complexity index is 1110. The number of aryl methyl sites for hydroxylation is 1. The molecule has 8 nitrogen and oxygen atoms in total. The van der Waals surface area contributed by atoms with Crippen molar-refractivity contribution in [3.8, 4) is 0 Å². The summed E-state index contributed by atoms with van der Waals surface area (Å²) in [5.74, 6) is 0.726. The lowest BCUT2D eigenvalue weighted by Gasteiger charge is -2.41. The van der Waals surface area contributed by atoms with E-state index in [1.165, 1.54) is 6.07 Å². The van der Waals surface area contributed by atoms with Crippen molar-refractivity contribution in [3.05, 3.63) is 42.0 Å². The molecule has 2 aliphatic rings. The highest BCUT2D eigenvalue weighted by molar-refractivity contribution is 6.03. The number of nitrogens with zero attached hydrogens (tertiary/aromatic N) is 5. The Morgan fingerprint density at radius 1 is 1.38 bits per heavy atom. The van der Waals surface area contributed by atoms with Gasteiger partial charge >= 0.3 is 6.03 Å². The highest BCUT2D eigenvalue weighted by Crippen LogP contribution is 2.36. The van der Waals surface area contributed by atoms with Gasteiger partial charge in [0.15, 0.2) is 5.82 Å². The van der Waals surface area contributed by atoms with E-state index in [9.17, 15) is 9.18 Å². The van der Waals surface area contributed by atoms with Crippen LogP contribution in [0, 0.1) is 11.7 Å². The van der Waals surface area contributed by atoms with Gasteiger partial charge in [0.2, 0.25) is 0 Å². The zero-order valence-corrected chi connectivity index (χ0v) is 16.1. The van der Waals surface area contributed by atoms with Gasteiger partial charge in [-0.3, -0.25) is 9.58 Å². The Hall–Kier alpha value is -3.20. The minimum absolute atomic E-state index is 0.286. The van der Waals surface area contributed by atoms with Gasteiger partial charge in [0.25, 0.3) is 0 Å². The molecule has 0 radical (unpaired) electrons. The second kappa shape index (κ2) is 6.70. The molecule has 9 heteroatoms. The van der Waals surface area contributed by atoms with Crippen molar-refractivity contribution in [2.45, 2.75) is 6.42 Å². The fourth-order valence-corrected chi connectivity index (χ4v) is 4.16. The van der Waals surface area contributed by atoms with E-state index in [0.717, 1.165) is 30.8 Å². The van der Waals surface area contributed by atoms with Crippen LogP contribution in [0.1, 0.15) is 5.56 Å². The molecule has 29 heavy (non-hydrogen) atoms. The molecule has 0 aliphatic carbocycles. The fraction of sp³-hybridized carbons (Fsp3) is 0.350. The van der Waals surface area contributed by atoms with Gasteiger partial charge in [-0.15, -0.1) is 0 Å². The van der Waals surface area contributed by atoms with Gasteiger partial charge in [0.05, 0.1) is 0 Å². The molecule has 3 aromatic rings. The number of amides is 2. The Morgan fingerprint density at radius 2 is 2.21 bits per heavy atom. The number of nitrogens with two attached hydrogens (primary N) is 1. The monoisotopic (exact) mass is 395 g/mol. The number of carbonyl (C=O) groups is 1. The van der Waals surface area contributed by atoms with Crippen molar-refractivity contribution in [3.63, 3.8) is 0 Å². The van der Waals surface area contributed by atoms with E-state index in [-0.39, 0.29) is 11.5 Å². The number of anilines is 3. The number of fused-ring (bicyclic) bond motifs is 2. The Balaban J connectivity index is 1.38. The van der Waals surface area contributed by atoms with Gasteiger partial charge in [-0.2, -0.15) is 5.10 Å². The summed E-state index contributed by atoms with van der Waals surface area (Å²) in [6.45, 7) is 3.10. The van der Waals surface area contributed by atoms with Gasteiger partial charge in [-0.1, -0.05) is 0 Å². The van der Waals surface area contributed by atoms with Gasteiger partial charge < -0.3 is 16.0 Å². The smallest absolute Gasteiger partial charge is 0.327 e. The molecule has 2 amide bonds. The molecule has 0 spiro atoms. The summed E-state index contributed by atoms with van der Waals surface area (Å²) in [5, 5.41) is 7.52. The third-order valence-electron chi connectivity index (χ3n) is 5.65. The summed E-state index contributed by atoms with van der Waals surface area (Å²) >= 11 is 0. The number of halogens is 1. The van der Waals surface area contributed by atoms with Gasteiger partial charge in [0, 0.05) is 67.3 Å². The molecule has 0 saturated carbocycles. The number of aromatic nitrogens is 3. The van der Waals surface area contributed by atoms with Crippen LogP contribution < -0.4 is 20.9 Å². The maximum Gasteiger partial charge on any atom is 0.327 e. The highest BCUT2D eigenvalue weighted by atomic mass is 19.1. The Labute approximate surface area is 167 Å². The first-order valence-electron chi connectivity index (χ1n) is 9.68. The molecule has 2 aromatic heterocycles. The molecule has 0 unspecified atom stereocenters. The van der Waals surface area contributed by atoms with Crippen molar-refractivity contribution in [2.75, 3.05) is 41.3 Å². The van der Waals surface area contributed by atoms with Crippen LogP contribution in [-0.4, -0.2) is 47.0 Å². The Kier molecular flexibility index (Phi) is 4.13. The number of benzene rings is 1. The normalized spacial score (nSPS) is 16.2. The summed E-state index contributed by atoms with van der Waals surface area (Å²) in [5.41, 5.74) is 8.62. The molecule has 150 valence electrons. The van der Waals surface area contributed by atoms with Gasteiger partial charge in [-0.05, 0) is 31.2 Å². The van der Waals surface area contributed by atoms with Gasteiger partial charge in [-0.25, -0.2) is 14.2 Å². The van der Waals surface area contributed by atoms with Crippen molar-refractivity contribution >= 4 is 34.1 Å². The lowest BCUT2D eigenvalue weighted by Crippen LogP contribution is -2.50. The van der Waals surface area contributed by atoms with E-state index in [2.05, 4.69) is 20.3 Å². The highest BCUT2D eigenvalue weighted by Gasteiger charge is 2.33. The van der Waals surface area contributed by atoms with Crippen LogP contribution >= 0.6 is 0 Å². The molecule has 5 rings (SSSR count). The minimum atomic E-state index is -0.465. The van der Waals surface area contributed by atoms with E-state index < -0.39 is 5.82 Å². The number of pyridine rings is 1. The lowest BCUT2D eigenvalue weighted by molar-refractivity contribution is 0.257. The molecule has 0 atom stereocenters. The van der Waals surface area contributed by atoms with E-state index in [1.54, 1.807) is 35.1 Å². The average Bonchev–Trinajstić information content (AvgIpc) is 3.24. The number of hydrogen-bond donors (Lipinski definition) is 2. The summed E-state index contributed by atoms with van der Waals surface area (Å²) in [6, 6.07) is 4.69. The molecule has 2 aliphatic heterocycles. The molecule has 1 aromatic carbocycles. The number of rotatable bonds is 3. The van der Waals surface area contributed by atoms with Crippen LogP contribution in [0.25, 0.3) is 10.9 Å². The zero-order valence-electron chi connectivity index (χ0n) is 16.1. The lowest BCUT2D eigenvalue weighted by atomic mass is 9.98. The van der Waals surface area contributed by atoms with Crippen LogP contribution in [0.2, 0.25) is 0 Å². The quantitative estimate of drug-likeness (QED) is 0.709. The second-order valence-electron chi connectivity index (χ2n) is 7.67. The van der Waals surface area contributed by atoms with Crippen LogP contribution in [-0.2, 0) is 13.5 Å². The van der Waals surface area contributed by atoms with Crippen LogP contribution in [0.5, 0.6) is 0 Å². The van der Waals surface area contributed by atoms with E-state index >= 15 is 0 Å². The van der Waals surface area contributed by atoms with E-state index in [4.69, 9.17) is 5.73 Å². The van der Waals surface area contributed by atoms with Crippen LogP contribution in [0.3, 0.4) is 0 Å². The topological polar surface area (TPSA) is 92.3 Å². The first kappa shape index (κ1) is 17.9. The largest absolute Gasteiger partial charge is 0.370 e. The standard InChI is InChI=1S/C20H22FN7O/c1-26-11-13-6-14(7-16(21)18(13)25-26)24-20(29)28-5-3-15-17(2-4-23-19(15)28)27-9-12(8-22)10-27/h2,4,6-7,11-12H,3,5,8-10,22H2,1H3,(H,24,29). The SMILES string of the molecule is Cn1cc2cc(NC(=O)N3CCc4c(N5CC(CN)C5)ccnc43)cc(F)c2n1. The number of nitrogens with one attached hydrogen (secondary N) is 1. The van der Waals surface area contributed by atoms with Crippen molar-refractivity contribution < 1.29 is 9.18 Å². The molecule has 3 N–H and O–H groups in total. The zero-order chi connectivity index (χ0) is 20.1. The second-order valence-corrected chi connectivity index (χ2v) is 7.67. The third kappa shape index (κ3) is 2.98. The van der Waals surface area contributed by atoms with Crippen molar-refractivity contribution in [1.82, 2.24) is 14.8 Å². The molecule has 0 bridgehead atoms. The predicted molar refractivity (Wildman–Crippen MR) is 110 cm³/mol. The van der Waals surface area contributed by atoms with Crippen molar-refractivity contribution in [1.29, 1.82) is 0 Å².